The van der Waals surface area contributed by atoms with Gasteiger partial charge in [-0.15, -0.1) is 0 Å². The Kier molecular flexibility index (Phi) is 5.45. The lowest BCUT2D eigenvalue weighted by atomic mass is 10.0. The van der Waals surface area contributed by atoms with Crippen LogP contribution in [0.5, 0.6) is 11.5 Å². The van der Waals surface area contributed by atoms with Crippen LogP contribution in [0.4, 0.5) is 0 Å². The molecule has 5 heteroatoms. The lowest BCUT2D eigenvalue weighted by Crippen LogP contribution is -2.50. The summed E-state index contributed by atoms with van der Waals surface area (Å²) in [4.78, 5) is 2.40. The van der Waals surface area contributed by atoms with Gasteiger partial charge >= 0.3 is 0 Å². The van der Waals surface area contributed by atoms with Crippen molar-refractivity contribution in [1.82, 2.24) is 4.90 Å². The van der Waals surface area contributed by atoms with Crippen LogP contribution in [0.15, 0.2) is 18.2 Å². The maximum Gasteiger partial charge on any atom is 0.127 e. The van der Waals surface area contributed by atoms with E-state index in [0.717, 1.165) is 30.2 Å². The van der Waals surface area contributed by atoms with Gasteiger partial charge in [-0.2, -0.15) is 0 Å². The first kappa shape index (κ1) is 16.1. The van der Waals surface area contributed by atoms with Crippen molar-refractivity contribution in [2.45, 2.75) is 32.0 Å². The minimum Gasteiger partial charge on any atom is -0.497 e. The van der Waals surface area contributed by atoms with Crippen LogP contribution in [0.2, 0.25) is 0 Å². The Bertz CT molecular complexity index is 467. The van der Waals surface area contributed by atoms with Crippen molar-refractivity contribution < 1.29 is 14.2 Å². The van der Waals surface area contributed by atoms with E-state index in [1.54, 1.807) is 14.2 Å². The van der Waals surface area contributed by atoms with Gasteiger partial charge in [0, 0.05) is 30.8 Å². The summed E-state index contributed by atoms with van der Waals surface area (Å²) in [5.41, 5.74) is 7.17. The number of benzene rings is 1. The molecule has 2 rings (SSSR count). The minimum absolute atomic E-state index is 0.118. The van der Waals surface area contributed by atoms with Crippen LogP contribution in [-0.4, -0.2) is 51.0 Å². The normalized spacial score (nSPS) is 24.6. The molecule has 5 nitrogen and oxygen atoms in total. The van der Waals surface area contributed by atoms with E-state index in [1.165, 1.54) is 0 Å². The Balaban J connectivity index is 2.31. The van der Waals surface area contributed by atoms with Gasteiger partial charge in [0.05, 0.1) is 33.0 Å². The van der Waals surface area contributed by atoms with Crippen molar-refractivity contribution in [2.75, 3.05) is 33.9 Å². The molecular formula is C16H26N2O3. The number of ether oxygens (including phenoxy) is 3. The summed E-state index contributed by atoms with van der Waals surface area (Å²) in [6, 6.07) is 6.36. The molecule has 1 aromatic carbocycles. The highest BCUT2D eigenvalue weighted by Gasteiger charge is 2.31. The van der Waals surface area contributed by atoms with Crippen LogP contribution in [0.25, 0.3) is 0 Å². The Morgan fingerprint density at radius 1 is 1.33 bits per heavy atom. The van der Waals surface area contributed by atoms with Gasteiger partial charge in [0.25, 0.3) is 0 Å². The fourth-order valence-electron chi connectivity index (χ4n) is 2.90. The molecule has 21 heavy (non-hydrogen) atoms. The van der Waals surface area contributed by atoms with E-state index in [0.29, 0.717) is 12.6 Å². The molecule has 1 aromatic rings. The van der Waals surface area contributed by atoms with Crippen LogP contribution < -0.4 is 15.2 Å². The van der Waals surface area contributed by atoms with Crippen LogP contribution in [0.3, 0.4) is 0 Å². The van der Waals surface area contributed by atoms with Gasteiger partial charge in [0.15, 0.2) is 0 Å². The van der Waals surface area contributed by atoms with Gasteiger partial charge in [-0.25, -0.2) is 0 Å². The third kappa shape index (κ3) is 3.48. The van der Waals surface area contributed by atoms with Gasteiger partial charge < -0.3 is 19.9 Å². The van der Waals surface area contributed by atoms with E-state index >= 15 is 0 Å². The topological polar surface area (TPSA) is 57.0 Å². The van der Waals surface area contributed by atoms with E-state index < -0.39 is 0 Å². The van der Waals surface area contributed by atoms with E-state index in [2.05, 4.69) is 18.7 Å². The largest absolute Gasteiger partial charge is 0.497 e. The van der Waals surface area contributed by atoms with Crippen LogP contribution >= 0.6 is 0 Å². The Morgan fingerprint density at radius 3 is 2.71 bits per heavy atom. The number of hydrogen-bond donors (Lipinski definition) is 1. The molecule has 0 aliphatic carbocycles. The molecule has 3 unspecified atom stereocenters. The molecule has 0 bridgehead atoms. The molecule has 3 atom stereocenters. The summed E-state index contributed by atoms with van der Waals surface area (Å²) in [6.07, 6.45) is 0.222. The summed E-state index contributed by atoms with van der Waals surface area (Å²) < 4.78 is 16.5. The van der Waals surface area contributed by atoms with Crippen molar-refractivity contribution in [3.63, 3.8) is 0 Å². The molecule has 0 spiro atoms. The second-order valence-electron chi connectivity index (χ2n) is 5.55. The molecule has 2 N–H and O–H groups in total. The summed E-state index contributed by atoms with van der Waals surface area (Å²) in [5, 5.41) is 0. The Hall–Kier alpha value is -1.30. The number of rotatable bonds is 5. The molecule has 1 saturated heterocycles. The zero-order chi connectivity index (χ0) is 15.4. The maximum absolute atomic E-state index is 6.07. The first-order chi connectivity index (χ1) is 10.1. The minimum atomic E-state index is 0.118. The summed E-state index contributed by atoms with van der Waals surface area (Å²) in [7, 11) is 3.33. The van der Waals surface area contributed by atoms with E-state index in [9.17, 15) is 0 Å². The Labute approximate surface area is 127 Å². The van der Waals surface area contributed by atoms with Crippen LogP contribution in [-0.2, 0) is 4.74 Å². The number of nitrogens with two attached hydrogens (primary N) is 1. The first-order valence-corrected chi connectivity index (χ1v) is 7.40. The molecule has 1 aliphatic heterocycles. The molecule has 0 radical (unpaired) electrons. The summed E-state index contributed by atoms with van der Waals surface area (Å²) in [6.45, 7) is 6.41. The van der Waals surface area contributed by atoms with Gasteiger partial charge in [-0.1, -0.05) is 6.07 Å². The van der Waals surface area contributed by atoms with Crippen molar-refractivity contribution in [2.24, 2.45) is 5.73 Å². The van der Waals surface area contributed by atoms with Crippen LogP contribution in [0, 0.1) is 0 Å². The smallest absolute Gasteiger partial charge is 0.127 e. The van der Waals surface area contributed by atoms with Crippen molar-refractivity contribution in [3.8, 4) is 11.5 Å². The van der Waals surface area contributed by atoms with Gasteiger partial charge in [-0.3, -0.25) is 4.90 Å². The molecule has 0 aromatic heterocycles. The average Bonchev–Trinajstić information content (AvgIpc) is 2.51. The molecule has 1 aliphatic rings. The fourth-order valence-corrected chi connectivity index (χ4v) is 2.90. The standard InChI is InChI=1S/C16H26N2O3/c1-11-10-21-12(2)9-18(11)15(8-17)14-6-5-13(19-3)7-16(14)20-4/h5-7,11-12,15H,8-10,17H2,1-4H3. The number of morpholine rings is 1. The lowest BCUT2D eigenvalue weighted by molar-refractivity contribution is -0.0656. The third-order valence-corrected chi connectivity index (χ3v) is 4.08. The predicted octanol–water partition coefficient (Wildman–Crippen LogP) is 1.81. The van der Waals surface area contributed by atoms with E-state index in [4.69, 9.17) is 19.9 Å². The van der Waals surface area contributed by atoms with Gasteiger partial charge in [-0.05, 0) is 19.9 Å². The molecule has 0 amide bonds. The summed E-state index contributed by atoms with van der Waals surface area (Å²) in [5.74, 6) is 1.60. The van der Waals surface area contributed by atoms with Gasteiger partial charge in [0.1, 0.15) is 11.5 Å². The summed E-state index contributed by atoms with van der Waals surface area (Å²) >= 11 is 0. The maximum atomic E-state index is 6.07. The predicted molar refractivity (Wildman–Crippen MR) is 82.9 cm³/mol. The number of hydrogen-bond acceptors (Lipinski definition) is 5. The first-order valence-electron chi connectivity index (χ1n) is 7.40. The van der Waals surface area contributed by atoms with Crippen molar-refractivity contribution in [3.05, 3.63) is 23.8 Å². The third-order valence-electron chi connectivity index (χ3n) is 4.08. The number of nitrogens with zero attached hydrogens (tertiary/aromatic N) is 1. The molecule has 1 fully saturated rings. The second kappa shape index (κ2) is 7.11. The fraction of sp³-hybridized carbons (Fsp3) is 0.625. The zero-order valence-electron chi connectivity index (χ0n) is 13.3. The van der Waals surface area contributed by atoms with Crippen molar-refractivity contribution >= 4 is 0 Å². The molecule has 118 valence electrons. The SMILES string of the molecule is COc1ccc(C(CN)N2CC(C)OCC2C)c(OC)c1. The van der Waals surface area contributed by atoms with E-state index in [1.807, 2.05) is 18.2 Å². The highest BCUT2D eigenvalue weighted by molar-refractivity contribution is 5.42. The molecule has 0 saturated carbocycles. The molecule has 1 heterocycles. The number of methoxy groups -OCH3 is 2. The van der Waals surface area contributed by atoms with E-state index in [-0.39, 0.29) is 12.1 Å². The zero-order valence-corrected chi connectivity index (χ0v) is 13.3. The van der Waals surface area contributed by atoms with Crippen LogP contribution in [0.1, 0.15) is 25.5 Å². The molecular weight excluding hydrogens is 268 g/mol. The van der Waals surface area contributed by atoms with Crippen molar-refractivity contribution in [1.29, 1.82) is 0 Å². The highest BCUT2D eigenvalue weighted by Crippen LogP contribution is 2.34. The Morgan fingerprint density at radius 2 is 2.10 bits per heavy atom. The average molecular weight is 294 g/mol. The van der Waals surface area contributed by atoms with Gasteiger partial charge in [0.2, 0.25) is 0 Å². The quantitative estimate of drug-likeness (QED) is 0.897. The second-order valence-corrected chi connectivity index (χ2v) is 5.55. The monoisotopic (exact) mass is 294 g/mol. The highest BCUT2D eigenvalue weighted by atomic mass is 16.5. The lowest BCUT2D eigenvalue weighted by Gasteiger charge is -2.42.